The van der Waals surface area contributed by atoms with Gasteiger partial charge in [-0.25, -0.2) is 4.39 Å². The Bertz CT molecular complexity index is 787. The van der Waals surface area contributed by atoms with Crippen molar-refractivity contribution in [2.24, 2.45) is 0 Å². The first kappa shape index (κ1) is 20.9. The molecule has 2 aromatic carbocycles. The largest absolute Gasteiger partial charge is 0.482 e. The third-order valence-electron chi connectivity index (χ3n) is 3.60. The Balaban J connectivity index is 1.72. The summed E-state index contributed by atoms with van der Waals surface area (Å²) in [4.78, 5) is 11.8. The number of hydrogen-bond acceptors (Lipinski definition) is 3. The van der Waals surface area contributed by atoms with Crippen molar-refractivity contribution < 1.29 is 13.9 Å². The Hall–Kier alpha value is -2.38. The minimum Gasteiger partial charge on any atom is -0.482 e. The summed E-state index contributed by atoms with van der Waals surface area (Å²) in [6.45, 7) is 1.86. The maximum Gasteiger partial charge on any atom is 0.276 e. The Labute approximate surface area is 168 Å². The highest BCUT2D eigenvalue weighted by Gasteiger charge is 2.07. The average Bonchev–Trinajstić information content (AvgIpc) is 2.65. The predicted molar refractivity (Wildman–Crippen MR) is 109 cm³/mol. The van der Waals surface area contributed by atoms with E-state index in [1.807, 2.05) is 24.3 Å². The fraction of sp³-hybridized carbons (Fsp3) is 0.263. The number of nitrogens with one attached hydrogen (secondary N) is 3. The van der Waals surface area contributed by atoms with Crippen LogP contribution >= 0.6 is 23.8 Å². The summed E-state index contributed by atoms with van der Waals surface area (Å²) < 4.78 is 18.2. The molecule has 0 saturated heterocycles. The van der Waals surface area contributed by atoms with Crippen molar-refractivity contribution in [3.8, 4) is 5.75 Å². The van der Waals surface area contributed by atoms with E-state index in [9.17, 15) is 9.18 Å². The summed E-state index contributed by atoms with van der Waals surface area (Å²) in [7, 11) is 0. The van der Waals surface area contributed by atoms with Crippen LogP contribution in [0.2, 0.25) is 5.02 Å². The zero-order chi connectivity index (χ0) is 19.6. The van der Waals surface area contributed by atoms with Crippen LogP contribution in [-0.4, -0.2) is 17.6 Å². The summed E-state index contributed by atoms with van der Waals surface area (Å²) in [5, 5.41) is 3.30. The maximum absolute atomic E-state index is 13.0. The molecule has 144 valence electrons. The van der Waals surface area contributed by atoms with E-state index in [-0.39, 0.29) is 22.5 Å². The standard InChI is InChI=1S/C19H21ClFN3O2S/c1-2-3-4-13-5-8-15(9-6-13)22-19(27)24-23-18(25)12-26-17-10-7-14(21)11-16(17)20/h5-11H,2-4,12H2,1H3,(H,23,25)(H2,22,24,27). The number of unbranched alkanes of at least 4 members (excludes halogenated alkanes) is 1. The van der Waals surface area contributed by atoms with Crippen molar-refractivity contribution in [3.63, 3.8) is 0 Å². The van der Waals surface area contributed by atoms with Crippen LogP contribution in [0.1, 0.15) is 25.3 Å². The summed E-state index contributed by atoms with van der Waals surface area (Å²) in [6, 6.07) is 11.6. The topological polar surface area (TPSA) is 62.4 Å². The molecule has 0 aromatic heterocycles. The van der Waals surface area contributed by atoms with Gasteiger partial charge in [0.05, 0.1) is 5.02 Å². The van der Waals surface area contributed by atoms with Gasteiger partial charge in [0.2, 0.25) is 0 Å². The molecule has 5 nitrogen and oxygen atoms in total. The van der Waals surface area contributed by atoms with Crippen molar-refractivity contribution in [2.45, 2.75) is 26.2 Å². The average molecular weight is 410 g/mol. The van der Waals surface area contributed by atoms with Gasteiger partial charge in [-0.3, -0.25) is 15.6 Å². The lowest BCUT2D eigenvalue weighted by atomic mass is 10.1. The quantitative estimate of drug-likeness (QED) is 0.472. The minimum atomic E-state index is -0.478. The number of carbonyl (C=O) groups is 1. The number of carbonyl (C=O) groups excluding carboxylic acids is 1. The maximum atomic E-state index is 13.0. The van der Waals surface area contributed by atoms with E-state index < -0.39 is 11.7 Å². The molecule has 0 fully saturated rings. The van der Waals surface area contributed by atoms with Crippen molar-refractivity contribution in [2.75, 3.05) is 11.9 Å². The number of thiocarbonyl (C=S) groups is 1. The van der Waals surface area contributed by atoms with E-state index in [0.717, 1.165) is 31.0 Å². The van der Waals surface area contributed by atoms with E-state index in [1.165, 1.54) is 17.7 Å². The SMILES string of the molecule is CCCCc1ccc(NC(=S)NNC(=O)COc2ccc(F)cc2Cl)cc1. The van der Waals surface area contributed by atoms with Gasteiger partial charge in [0.25, 0.3) is 5.91 Å². The van der Waals surface area contributed by atoms with Crippen molar-refractivity contribution in [1.82, 2.24) is 10.9 Å². The molecule has 0 spiro atoms. The summed E-state index contributed by atoms with van der Waals surface area (Å²) in [5.41, 5.74) is 7.08. The number of benzene rings is 2. The van der Waals surface area contributed by atoms with Crippen molar-refractivity contribution in [3.05, 3.63) is 58.9 Å². The fourth-order valence-corrected chi connectivity index (χ4v) is 2.59. The molecule has 2 rings (SSSR count). The summed E-state index contributed by atoms with van der Waals surface area (Å²) in [5.74, 6) is -0.722. The molecule has 0 aliphatic carbocycles. The molecule has 0 radical (unpaired) electrons. The van der Waals surface area contributed by atoms with Crippen LogP contribution in [0.25, 0.3) is 0 Å². The Morgan fingerprint density at radius 2 is 1.93 bits per heavy atom. The second kappa shape index (κ2) is 10.7. The van der Waals surface area contributed by atoms with Crippen LogP contribution in [0, 0.1) is 5.82 Å². The zero-order valence-electron chi connectivity index (χ0n) is 14.9. The van der Waals surface area contributed by atoms with Crippen LogP contribution in [0.3, 0.4) is 0 Å². The first-order valence-corrected chi connectivity index (χ1v) is 9.29. The van der Waals surface area contributed by atoms with Gasteiger partial charge in [-0.2, -0.15) is 0 Å². The summed E-state index contributed by atoms with van der Waals surface area (Å²) >= 11 is 11.0. The molecule has 8 heteroatoms. The number of aryl methyl sites for hydroxylation is 1. The van der Waals surface area contributed by atoms with E-state index in [2.05, 4.69) is 23.1 Å². The molecule has 0 bridgehead atoms. The molecule has 0 saturated carbocycles. The molecular weight excluding hydrogens is 389 g/mol. The molecule has 27 heavy (non-hydrogen) atoms. The van der Waals surface area contributed by atoms with Crippen molar-refractivity contribution in [1.29, 1.82) is 0 Å². The number of ether oxygens (including phenoxy) is 1. The van der Waals surface area contributed by atoms with Crippen LogP contribution in [0.4, 0.5) is 10.1 Å². The lowest BCUT2D eigenvalue weighted by molar-refractivity contribution is -0.123. The lowest BCUT2D eigenvalue weighted by Crippen LogP contribution is -2.45. The summed E-state index contributed by atoms with van der Waals surface area (Å²) in [6.07, 6.45) is 3.36. The zero-order valence-corrected chi connectivity index (χ0v) is 16.4. The number of hydrazine groups is 1. The molecule has 1 amide bonds. The molecule has 0 aliphatic heterocycles. The van der Waals surface area contributed by atoms with E-state index in [0.29, 0.717) is 0 Å². The van der Waals surface area contributed by atoms with Gasteiger partial charge < -0.3 is 10.1 Å². The highest BCUT2D eigenvalue weighted by molar-refractivity contribution is 7.80. The van der Waals surface area contributed by atoms with Crippen LogP contribution in [-0.2, 0) is 11.2 Å². The van der Waals surface area contributed by atoms with Gasteiger partial charge in [0.1, 0.15) is 11.6 Å². The number of halogens is 2. The Morgan fingerprint density at radius 3 is 2.59 bits per heavy atom. The number of amides is 1. The Kier molecular flexibility index (Phi) is 8.29. The van der Waals surface area contributed by atoms with Gasteiger partial charge in [0, 0.05) is 5.69 Å². The predicted octanol–water partition coefficient (Wildman–Crippen LogP) is 4.22. The van der Waals surface area contributed by atoms with Gasteiger partial charge in [-0.15, -0.1) is 0 Å². The van der Waals surface area contributed by atoms with E-state index in [4.69, 9.17) is 28.6 Å². The minimum absolute atomic E-state index is 0.0929. The monoisotopic (exact) mass is 409 g/mol. The molecule has 0 unspecified atom stereocenters. The first-order valence-electron chi connectivity index (χ1n) is 8.50. The highest BCUT2D eigenvalue weighted by Crippen LogP contribution is 2.24. The fourth-order valence-electron chi connectivity index (χ4n) is 2.20. The number of anilines is 1. The number of rotatable bonds is 7. The first-order chi connectivity index (χ1) is 13.0. The van der Waals surface area contributed by atoms with Crippen LogP contribution in [0.5, 0.6) is 5.75 Å². The molecular formula is C19H21ClFN3O2S. The highest BCUT2D eigenvalue weighted by atomic mass is 35.5. The third-order valence-corrected chi connectivity index (χ3v) is 4.10. The number of hydrogen-bond donors (Lipinski definition) is 3. The second-order valence-corrected chi connectivity index (χ2v) is 6.61. The van der Waals surface area contributed by atoms with Crippen molar-refractivity contribution >= 4 is 40.5 Å². The molecule has 2 aromatic rings. The normalized spacial score (nSPS) is 10.2. The van der Waals surface area contributed by atoms with E-state index >= 15 is 0 Å². The van der Waals surface area contributed by atoms with Gasteiger partial charge in [-0.1, -0.05) is 37.1 Å². The molecule has 3 N–H and O–H groups in total. The van der Waals surface area contributed by atoms with E-state index in [1.54, 1.807) is 0 Å². The van der Waals surface area contributed by atoms with Crippen LogP contribution in [0.15, 0.2) is 42.5 Å². The van der Waals surface area contributed by atoms with Gasteiger partial charge in [-0.05, 0) is 61.0 Å². The Morgan fingerprint density at radius 1 is 1.19 bits per heavy atom. The molecule has 0 aliphatic rings. The van der Waals surface area contributed by atoms with Gasteiger partial charge in [0.15, 0.2) is 11.7 Å². The molecule has 0 atom stereocenters. The molecule has 0 heterocycles. The third kappa shape index (κ3) is 7.40. The van der Waals surface area contributed by atoms with Crippen LogP contribution < -0.4 is 20.9 Å². The lowest BCUT2D eigenvalue weighted by Gasteiger charge is -2.13. The van der Waals surface area contributed by atoms with Gasteiger partial charge >= 0.3 is 0 Å². The second-order valence-electron chi connectivity index (χ2n) is 5.79. The smallest absolute Gasteiger partial charge is 0.276 e.